The summed E-state index contributed by atoms with van der Waals surface area (Å²) >= 11 is 0. The number of nitrogens with zero attached hydrogens (tertiary/aromatic N) is 1. The van der Waals surface area contributed by atoms with Gasteiger partial charge >= 0.3 is 6.18 Å². The number of aromatic amines is 1. The molecule has 2 aromatic carbocycles. The van der Waals surface area contributed by atoms with Gasteiger partial charge in [0.25, 0.3) is 0 Å². The highest BCUT2D eigenvalue weighted by atomic mass is 19.4. The van der Waals surface area contributed by atoms with E-state index in [-0.39, 0.29) is 12.5 Å². The van der Waals surface area contributed by atoms with E-state index in [9.17, 15) is 13.2 Å². The Bertz CT molecular complexity index is 1140. The summed E-state index contributed by atoms with van der Waals surface area (Å²) in [5.41, 5.74) is 4.19. The van der Waals surface area contributed by atoms with Crippen molar-refractivity contribution < 1.29 is 17.9 Å². The molecule has 1 saturated carbocycles. The zero-order valence-corrected chi connectivity index (χ0v) is 19.3. The summed E-state index contributed by atoms with van der Waals surface area (Å²) in [6, 6.07) is 11.1. The largest absolute Gasteiger partial charge is 0.489 e. The van der Waals surface area contributed by atoms with Gasteiger partial charge in [-0.2, -0.15) is 13.2 Å². The lowest BCUT2D eigenvalue weighted by molar-refractivity contribution is -0.138. The minimum atomic E-state index is -4.35. The first-order valence-electron chi connectivity index (χ1n) is 12.0. The highest BCUT2D eigenvalue weighted by molar-refractivity contribution is 5.86. The number of alkyl halides is 3. The number of rotatable bonds is 5. The van der Waals surface area contributed by atoms with E-state index in [4.69, 9.17) is 4.74 Å². The molecule has 1 aliphatic heterocycles. The van der Waals surface area contributed by atoms with Crippen LogP contribution < -0.4 is 4.74 Å². The van der Waals surface area contributed by atoms with Crippen LogP contribution in [0.25, 0.3) is 10.9 Å². The van der Waals surface area contributed by atoms with E-state index in [1.807, 2.05) is 18.2 Å². The molecule has 1 aromatic heterocycles. The first-order valence-corrected chi connectivity index (χ1v) is 12.0. The maximum Gasteiger partial charge on any atom is 0.416 e. The minimum absolute atomic E-state index is 0.0183. The quantitative estimate of drug-likeness (QED) is 0.434. The van der Waals surface area contributed by atoms with E-state index in [1.165, 1.54) is 17.3 Å². The Balaban J connectivity index is 1.38. The van der Waals surface area contributed by atoms with E-state index in [2.05, 4.69) is 23.9 Å². The van der Waals surface area contributed by atoms with Crippen LogP contribution in [0.3, 0.4) is 0 Å². The van der Waals surface area contributed by atoms with Crippen LogP contribution in [0.15, 0.2) is 36.4 Å². The Kier molecular flexibility index (Phi) is 5.89. The van der Waals surface area contributed by atoms with Crippen molar-refractivity contribution in [2.45, 2.75) is 70.2 Å². The summed E-state index contributed by atoms with van der Waals surface area (Å²) in [5, 5.41) is 1.15. The summed E-state index contributed by atoms with van der Waals surface area (Å²) in [5.74, 6) is 0.703. The van der Waals surface area contributed by atoms with Gasteiger partial charge in [0.05, 0.1) is 5.56 Å². The molecule has 0 bridgehead atoms. The molecule has 1 atom stereocenters. The molecule has 176 valence electrons. The Labute approximate surface area is 192 Å². The normalized spacial score (nSPS) is 19.8. The van der Waals surface area contributed by atoms with Crippen molar-refractivity contribution >= 4 is 10.9 Å². The second kappa shape index (κ2) is 8.71. The number of likely N-dealkylation sites (N-methyl/N-ethyl adjacent to an activating group) is 1. The van der Waals surface area contributed by atoms with E-state index in [0.29, 0.717) is 22.9 Å². The molecule has 2 aliphatic rings. The van der Waals surface area contributed by atoms with E-state index in [0.717, 1.165) is 56.0 Å². The van der Waals surface area contributed by atoms with Crippen LogP contribution in [0.4, 0.5) is 13.2 Å². The molecule has 3 aromatic rings. The van der Waals surface area contributed by atoms with Crippen molar-refractivity contribution in [3.8, 4) is 5.75 Å². The molecule has 33 heavy (non-hydrogen) atoms. The molecular weight excluding hydrogens is 425 g/mol. The van der Waals surface area contributed by atoms with Crippen molar-refractivity contribution in [2.75, 3.05) is 13.6 Å². The topological polar surface area (TPSA) is 28.3 Å². The van der Waals surface area contributed by atoms with Crippen LogP contribution in [-0.2, 0) is 19.2 Å². The number of nitrogens with one attached hydrogen (secondary N) is 1. The monoisotopic (exact) mass is 456 g/mol. The van der Waals surface area contributed by atoms with Crippen LogP contribution in [0, 0.1) is 0 Å². The summed E-state index contributed by atoms with van der Waals surface area (Å²) in [6.07, 6.45) is 1.37. The summed E-state index contributed by atoms with van der Waals surface area (Å²) in [7, 11) is 2.16. The first-order chi connectivity index (χ1) is 15.8. The van der Waals surface area contributed by atoms with Crippen molar-refractivity contribution in [1.82, 2.24) is 9.88 Å². The third kappa shape index (κ3) is 4.25. The lowest BCUT2D eigenvalue weighted by Gasteiger charge is -2.31. The number of hydrogen-bond donors (Lipinski definition) is 1. The molecule has 1 unspecified atom stereocenters. The molecule has 5 rings (SSSR count). The fourth-order valence-corrected chi connectivity index (χ4v) is 5.77. The number of fused-ring (bicyclic) bond motifs is 3. The molecular formula is C27H31F3N2O. The van der Waals surface area contributed by atoms with E-state index < -0.39 is 11.7 Å². The number of benzene rings is 2. The molecule has 0 radical (unpaired) electrons. The van der Waals surface area contributed by atoms with Gasteiger partial charge in [-0.3, -0.25) is 4.90 Å². The average molecular weight is 457 g/mol. The number of H-pyrrole nitrogens is 1. The predicted octanol–water partition coefficient (Wildman–Crippen LogP) is 7.36. The number of aromatic nitrogens is 1. The highest BCUT2D eigenvalue weighted by Gasteiger charge is 2.36. The van der Waals surface area contributed by atoms with Crippen LogP contribution in [0.2, 0.25) is 0 Å². The van der Waals surface area contributed by atoms with Crippen molar-refractivity contribution in [3.63, 3.8) is 0 Å². The highest BCUT2D eigenvalue weighted by Crippen LogP contribution is 2.42. The van der Waals surface area contributed by atoms with Crippen LogP contribution in [0.5, 0.6) is 5.75 Å². The van der Waals surface area contributed by atoms with Gasteiger partial charge in [0.2, 0.25) is 0 Å². The van der Waals surface area contributed by atoms with Gasteiger partial charge in [-0.05, 0) is 79.6 Å². The molecule has 1 fully saturated rings. The molecule has 3 nitrogen and oxygen atoms in total. The second-order valence-electron chi connectivity index (χ2n) is 9.57. The van der Waals surface area contributed by atoms with Crippen LogP contribution in [0.1, 0.15) is 78.9 Å². The third-order valence-electron chi connectivity index (χ3n) is 7.50. The van der Waals surface area contributed by atoms with Crippen LogP contribution in [-0.4, -0.2) is 23.5 Å². The average Bonchev–Trinajstić information content (AvgIpc) is 3.45. The smallest absolute Gasteiger partial charge is 0.416 e. The molecule has 0 spiro atoms. The summed E-state index contributed by atoms with van der Waals surface area (Å²) in [4.78, 5) is 5.96. The third-order valence-corrected chi connectivity index (χ3v) is 7.50. The van der Waals surface area contributed by atoms with Gasteiger partial charge in [0.15, 0.2) is 0 Å². The van der Waals surface area contributed by atoms with Crippen molar-refractivity contribution in [2.24, 2.45) is 0 Å². The lowest BCUT2D eigenvalue weighted by Crippen LogP contribution is -2.31. The van der Waals surface area contributed by atoms with Gasteiger partial charge in [-0.1, -0.05) is 31.9 Å². The Morgan fingerprint density at radius 1 is 1.09 bits per heavy atom. The SMILES string of the molecule is CCC1c2[nH]c3ccc(OCc4ccc(C5CCCC5)c(C(F)(F)F)c4)cc3c2CCN1C. The molecule has 1 aliphatic carbocycles. The van der Waals surface area contributed by atoms with Crippen molar-refractivity contribution in [3.05, 3.63) is 64.3 Å². The Hall–Kier alpha value is -2.47. The Morgan fingerprint density at radius 2 is 1.88 bits per heavy atom. The van der Waals surface area contributed by atoms with Gasteiger partial charge < -0.3 is 9.72 Å². The maximum absolute atomic E-state index is 13.8. The molecule has 6 heteroatoms. The second-order valence-corrected chi connectivity index (χ2v) is 9.57. The number of hydrogen-bond acceptors (Lipinski definition) is 2. The standard InChI is InChI=1S/C27H31F3N2O/c1-3-25-26-21(12-13-32(25)2)22-15-19(9-11-24(22)31-26)33-16-17-8-10-20(18-6-4-5-7-18)23(14-17)27(28,29)30/h8-11,14-15,18,25,31H,3-7,12-13,16H2,1-2H3. The van der Waals surface area contributed by atoms with Crippen LogP contribution >= 0.6 is 0 Å². The van der Waals surface area contributed by atoms with E-state index >= 15 is 0 Å². The fraction of sp³-hybridized carbons (Fsp3) is 0.481. The predicted molar refractivity (Wildman–Crippen MR) is 125 cm³/mol. The summed E-state index contributed by atoms with van der Waals surface area (Å²) < 4.78 is 47.3. The Morgan fingerprint density at radius 3 is 2.61 bits per heavy atom. The fourth-order valence-electron chi connectivity index (χ4n) is 5.77. The van der Waals surface area contributed by atoms with Gasteiger partial charge in [0, 0.05) is 29.2 Å². The maximum atomic E-state index is 13.8. The zero-order valence-electron chi connectivity index (χ0n) is 19.3. The lowest BCUT2D eigenvalue weighted by atomic mass is 9.91. The van der Waals surface area contributed by atoms with Gasteiger partial charge in [-0.25, -0.2) is 0 Å². The van der Waals surface area contributed by atoms with E-state index in [1.54, 1.807) is 12.1 Å². The number of ether oxygens (including phenoxy) is 1. The molecule has 0 amide bonds. The molecule has 0 saturated heterocycles. The summed E-state index contributed by atoms with van der Waals surface area (Å²) in [6.45, 7) is 3.33. The number of halogens is 3. The molecule has 2 heterocycles. The first kappa shape index (κ1) is 22.3. The van der Waals surface area contributed by atoms with Crippen molar-refractivity contribution in [1.29, 1.82) is 0 Å². The zero-order chi connectivity index (χ0) is 23.2. The van der Waals surface area contributed by atoms with Gasteiger partial charge in [0.1, 0.15) is 12.4 Å². The van der Waals surface area contributed by atoms with Gasteiger partial charge in [-0.15, -0.1) is 0 Å². The minimum Gasteiger partial charge on any atom is -0.489 e. The molecule has 1 N–H and O–H groups in total.